The minimum Gasteiger partial charge on any atom is -0.507 e. The Morgan fingerprint density at radius 3 is 2.00 bits per heavy atom. The number of ketones is 1. The number of anilines is 1. The highest BCUT2D eigenvalue weighted by atomic mass is 35.5. The molecule has 1 atom stereocenters. The summed E-state index contributed by atoms with van der Waals surface area (Å²) in [6.07, 6.45) is 0. The first kappa shape index (κ1) is 27.1. The van der Waals surface area contributed by atoms with Crippen molar-refractivity contribution in [1.82, 2.24) is 0 Å². The van der Waals surface area contributed by atoms with Crippen molar-refractivity contribution in [3.05, 3.63) is 87.9 Å². The third-order valence-electron chi connectivity index (χ3n) is 6.62. The number of rotatable bonds is 6. The second-order valence-electron chi connectivity index (χ2n) is 9.93. The van der Waals surface area contributed by atoms with E-state index in [1.807, 2.05) is 24.3 Å². The molecule has 3 aromatic carbocycles. The normalized spacial score (nSPS) is 17.0. The van der Waals surface area contributed by atoms with Crippen LogP contribution in [0.25, 0.3) is 5.76 Å². The molecule has 0 aromatic heterocycles. The Morgan fingerprint density at radius 2 is 1.47 bits per heavy atom. The van der Waals surface area contributed by atoms with Crippen molar-refractivity contribution in [3.8, 4) is 17.2 Å². The summed E-state index contributed by atoms with van der Waals surface area (Å²) in [4.78, 5) is 28.4. The molecule has 0 spiro atoms. The van der Waals surface area contributed by atoms with Crippen molar-refractivity contribution in [3.63, 3.8) is 0 Å². The Balaban J connectivity index is 1.97. The lowest BCUT2D eigenvalue weighted by atomic mass is 9.85. The quantitative estimate of drug-likeness (QED) is 0.227. The van der Waals surface area contributed by atoms with Crippen LogP contribution in [0.5, 0.6) is 17.2 Å². The summed E-state index contributed by atoms with van der Waals surface area (Å²) in [5, 5.41) is 11.8. The fourth-order valence-corrected chi connectivity index (χ4v) is 4.74. The largest absolute Gasteiger partial charge is 0.507 e. The van der Waals surface area contributed by atoms with E-state index in [1.54, 1.807) is 31.4 Å². The van der Waals surface area contributed by atoms with Crippen LogP contribution >= 0.6 is 11.6 Å². The molecule has 1 aliphatic rings. The van der Waals surface area contributed by atoms with Crippen molar-refractivity contribution in [2.45, 2.75) is 32.2 Å². The molecule has 1 unspecified atom stereocenters. The van der Waals surface area contributed by atoms with Gasteiger partial charge in [0.05, 0.1) is 43.5 Å². The van der Waals surface area contributed by atoms with E-state index in [-0.39, 0.29) is 33.1 Å². The van der Waals surface area contributed by atoms with Crippen LogP contribution in [0, 0.1) is 0 Å². The van der Waals surface area contributed by atoms with Gasteiger partial charge in [0.25, 0.3) is 11.7 Å². The molecule has 1 saturated heterocycles. The highest BCUT2D eigenvalue weighted by Gasteiger charge is 2.47. The van der Waals surface area contributed by atoms with Gasteiger partial charge in [-0.25, -0.2) is 0 Å². The van der Waals surface area contributed by atoms with Gasteiger partial charge in [-0.1, -0.05) is 56.6 Å². The van der Waals surface area contributed by atoms with Gasteiger partial charge in [-0.3, -0.25) is 14.5 Å². The van der Waals surface area contributed by atoms with Crippen molar-refractivity contribution < 1.29 is 28.9 Å². The molecule has 8 heteroatoms. The lowest BCUT2D eigenvalue weighted by molar-refractivity contribution is -0.132. The minimum atomic E-state index is -0.899. The smallest absolute Gasteiger partial charge is 0.300 e. The van der Waals surface area contributed by atoms with E-state index in [9.17, 15) is 14.7 Å². The third kappa shape index (κ3) is 4.82. The van der Waals surface area contributed by atoms with E-state index in [1.165, 1.54) is 31.3 Å². The van der Waals surface area contributed by atoms with Gasteiger partial charge in [-0.2, -0.15) is 0 Å². The summed E-state index contributed by atoms with van der Waals surface area (Å²) in [5.74, 6) is -0.860. The SMILES string of the molecule is COc1ccc(N2C(=O)C(=O)/C(=C(/O)c3cc(OC)c(Cl)cc3OC)C2c2ccc(C(C)(C)C)cc2)cc1. The number of aliphatic hydroxyl groups excluding tert-OH is 1. The second-order valence-corrected chi connectivity index (χ2v) is 10.3. The number of halogens is 1. The van der Waals surface area contributed by atoms with Gasteiger partial charge in [0.15, 0.2) is 0 Å². The molecule has 4 rings (SSSR count). The van der Waals surface area contributed by atoms with Gasteiger partial charge >= 0.3 is 0 Å². The zero-order chi connectivity index (χ0) is 27.8. The number of ether oxygens (including phenoxy) is 3. The number of nitrogens with zero attached hydrogens (tertiary/aromatic N) is 1. The van der Waals surface area contributed by atoms with E-state index in [0.29, 0.717) is 17.0 Å². The van der Waals surface area contributed by atoms with Crippen LogP contribution in [0.1, 0.15) is 43.5 Å². The standard InChI is InChI=1S/C30H30ClNO6/c1-30(2,3)18-9-7-17(8-10-18)26-25(27(33)21-15-24(38-6)22(31)16-23(21)37-5)28(34)29(35)32(26)19-11-13-20(36-4)14-12-19/h7-16,26,33H,1-6H3/b27-25+. The van der Waals surface area contributed by atoms with E-state index in [4.69, 9.17) is 25.8 Å². The molecule has 0 radical (unpaired) electrons. The summed E-state index contributed by atoms with van der Waals surface area (Å²) < 4.78 is 16.0. The molecule has 3 aromatic rings. The average molecular weight is 536 g/mol. The predicted molar refractivity (Wildman–Crippen MR) is 147 cm³/mol. The highest BCUT2D eigenvalue weighted by Crippen LogP contribution is 2.45. The maximum absolute atomic E-state index is 13.5. The Labute approximate surface area is 227 Å². The van der Waals surface area contributed by atoms with E-state index in [2.05, 4.69) is 20.8 Å². The molecule has 1 amide bonds. The summed E-state index contributed by atoms with van der Waals surface area (Å²) in [5.41, 5.74) is 2.25. The molecule has 0 aliphatic carbocycles. The maximum atomic E-state index is 13.5. The molecular weight excluding hydrogens is 506 g/mol. The monoisotopic (exact) mass is 535 g/mol. The van der Waals surface area contributed by atoms with Crippen LogP contribution in [-0.4, -0.2) is 38.1 Å². The molecule has 1 aliphatic heterocycles. The fourth-order valence-electron chi connectivity index (χ4n) is 4.51. The zero-order valence-electron chi connectivity index (χ0n) is 22.2. The summed E-state index contributed by atoms with van der Waals surface area (Å²) in [6, 6.07) is 16.6. The molecule has 198 valence electrons. The molecule has 0 bridgehead atoms. The van der Waals surface area contributed by atoms with Crippen LogP contribution < -0.4 is 19.1 Å². The first-order valence-corrected chi connectivity index (χ1v) is 12.4. The zero-order valence-corrected chi connectivity index (χ0v) is 22.9. The first-order valence-electron chi connectivity index (χ1n) is 12.0. The Kier molecular flexibility index (Phi) is 7.42. The van der Waals surface area contributed by atoms with Crippen LogP contribution in [0.15, 0.2) is 66.2 Å². The lowest BCUT2D eigenvalue weighted by Gasteiger charge is -2.27. The Hall–Kier alpha value is -3.97. The number of hydrogen-bond donors (Lipinski definition) is 1. The number of methoxy groups -OCH3 is 3. The number of carbonyl (C=O) groups excluding carboxylic acids is 2. The van der Waals surface area contributed by atoms with Gasteiger partial charge in [0.2, 0.25) is 0 Å². The molecular formula is C30H30ClNO6. The van der Waals surface area contributed by atoms with E-state index in [0.717, 1.165) is 5.56 Å². The van der Waals surface area contributed by atoms with Gasteiger partial charge in [-0.15, -0.1) is 0 Å². The van der Waals surface area contributed by atoms with E-state index >= 15 is 0 Å². The topological polar surface area (TPSA) is 85.3 Å². The Bertz CT molecular complexity index is 1400. The second kappa shape index (κ2) is 10.4. The van der Waals surface area contributed by atoms with Crippen LogP contribution in [0.2, 0.25) is 5.02 Å². The van der Waals surface area contributed by atoms with Crippen molar-refractivity contribution in [2.24, 2.45) is 0 Å². The maximum Gasteiger partial charge on any atom is 0.300 e. The predicted octanol–water partition coefficient (Wildman–Crippen LogP) is 6.29. The van der Waals surface area contributed by atoms with Crippen LogP contribution in [-0.2, 0) is 15.0 Å². The van der Waals surface area contributed by atoms with Gasteiger partial charge < -0.3 is 19.3 Å². The molecule has 1 N–H and O–H groups in total. The molecule has 0 saturated carbocycles. The van der Waals surface area contributed by atoms with Crippen molar-refractivity contribution in [1.29, 1.82) is 0 Å². The van der Waals surface area contributed by atoms with Crippen LogP contribution in [0.4, 0.5) is 5.69 Å². The average Bonchev–Trinajstić information content (AvgIpc) is 3.17. The minimum absolute atomic E-state index is 0.0722. The fraction of sp³-hybridized carbons (Fsp3) is 0.267. The molecule has 7 nitrogen and oxygen atoms in total. The number of carbonyl (C=O) groups is 2. The summed E-state index contributed by atoms with van der Waals surface area (Å²) in [7, 11) is 4.41. The number of Topliss-reactive ketones (excluding diaryl/α,β-unsaturated/α-hetero) is 1. The molecule has 1 fully saturated rings. The summed E-state index contributed by atoms with van der Waals surface area (Å²) in [6.45, 7) is 6.31. The first-order chi connectivity index (χ1) is 18.0. The van der Waals surface area contributed by atoms with Gasteiger partial charge in [0.1, 0.15) is 23.0 Å². The van der Waals surface area contributed by atoms with Gasteiger partial charge in [-0.05, 0) is 46.9 Å². The molecule has 38 heavy (non-hydrogen) atoms. The van der Waals surface area contributed by atoms with Gasteiger partial charge in [0, 0.05) is 11.8 Å². The number of amides is 1. The Morgan fingerprint density at radius 1 is 0.868 bits per heavy atom. The van der Waals surface area contributed by atoms with Crippen molar-refractivity contribution in [2.75, 3.05) is 26.2 Å². The summed E-state index contributed by atoms with van der Waals surface area (Å²) >= 11 is 6.26. The number of hydrogen-bond acceptors (Lipinski definition) is 6. The number of benzene rings is 3. The van der Waals surface area contributed by atoms with E-state index < -0.39 is 23.5 Å². The molecule has 1 heterocycles. The lowest BCUT2D eigenvalue weighted by Crippen LogP contribution is -2.29. The van der Waals surface area contributed by atoms with Crippen LogP contribution in [0.3, 0.4) is 0 Å². The van der Waals surface area contributed by atoms with Crippen molar-refractivity contribution >= 4 is 34.7 Å². The number of aliphatic hydroxyl groups is 1. The third-order valence-corrected chi connectivity index (χ3v) is 6.91. The highest BCUT2D eigenvalue weighted by molar-refractivity contribution is 6.51.